The van der Waals surface area contributed by atoms with E-state index in [4.69, 9.17) is 0 Å². The lowest BCUT2D eigenvalue weighted by Gasteiger charge is -2.23. The van der Waals surface area contributed by atoms with Crippen molar-refractivity contribution < 1.29 is 0 Å². The number of allylic oxidation sites excluding steroid dienone is 2. The maximum Gasteiger partial charge on any atom is 0.0366 e. The molecule has 0 atom stereocenters. The van der Waals surface area contributed by atoms with Gasteiger partial charge in [0.15, 0.2) is 0 Å². The molecule has 0 aliphatic carbocycles. The molecule has 2 fully saturated rings. The van der Waals surface area contributed by atoms with Gasteiger partial charge in [-0.15, -0.1) is 0 Å². The van der Waals surface area contributed by atoms with Gasteiger partial charge in [0, 0.05) is 37.6 Å². The maximum absolute atomic E-state index is 3.96. The predicted molar refractivity (Wildman–Crippen MR) is 132 cm³/mol. The van der Waals surface area contributed by atoms with Crippen molar-refractivity contribution in [1.82, 2.24) is 0 Å². The van der Waals surface area contributed by atoms with Gasteiger partial charge in [-0.2, -0.15) is 0 Å². The second-order valence-corrected chi connectivity index (χ2v) is 8.71. The lowest BCUT2D eigenvalue weighted by atomic mass is 9.96. The van der Waals surface area contributed by atoms with Crippen LogP contribution in [0.2, 0.25) is 0 Å². The van der Waals surface area contributed by atoms with Crippen LogP contribution in [-0.4, -0.2) is 26.2 Å². The molecule has 0 aromatic heterocycles. The van der Waals surface area contributed by atoms with Gasteiger partial charge < -0.3 is 9.80 Å². The van der Waals surface area contributed by atoms with Crippen LogP contribution in [0.4, 0.5) is 11.4 Å². The molecule has 4 rings (SSSR count). The van der Waals surface area contributed by atoms with Crippen LogP contribution < -0.4 is 9.80 Å². The van der Waals surface area contributed by atoms with Gasteiger partial charge in [0.2, 0.25) is 0 Å². The first-order chi connectivity index (χ1) is 14.8. The highest BCUT2D eigenvalue weighted by molar-refractivity contribution is 5.82. The third-order valence-electron chi connectivity index (χ3n) is 6.58. The van der Waals surface area contributed by atoms with Crippen molar-refractivity contribution in [1.29, 1.82) is 0 Å². The fourth-order valence-electron chi connectivity index (χ4n) is 4.84. The van der Waals surface area contributed by atoms with Gasteiger partial charge in [-0.05, 0) is 66.6 Å². The van der Waals surface area contributed by atoms with Crippen molar-refractivity contribution in [2.45, 2.75) is 51.4 Å². The van der Waals surface area contributed by atoms with Gasteiger partial charge in [-0.1, -0.05) is 68.7 Å². The topological polar surface area (TPSA) is 6.48 Å². The van der Waals surface area contributed by atoms with Crippen molar-refractivity contribution in [2.75, 3.05) is 36.0 Å². The Labute approximate surface area is 182 Å². The molecule has 0 saturated carbocycles. The molecule has 2 aromatic rings. The van der Waals surface area contributed by atoms with Crippen LogP contribution in [0, 0.1) is 0 Å². The molecule has 2 aliphatic rings. The lowest BCUT2D eigenvalue weighted by molar-refractivity contribution is 0.726. The Balaban J connectivity index is 1.52. The van der Waals surface area contributed by atoms with Crippen LogP contribution in [-0.2, 0) is 0 Å². The summed E-state index contributed by atoms with van der Waals surface area (Å²) in [5, 5.41) is 0. The van der Waals surface area contributed by atoms with Crippen LogP contribution in [0.1, 0.15) is 62.5 Å². The minimum absolute atomic E-state index is 1.19. The Bertz CT molecular complexity index is 750. The zero-order valence-corrected chi connectivity index (χ0v) is 18.4. The zero-order valence-electron chi connectivity index (χ0n) is 18.4. The van der Waals surface area contributed by atoms with Gasteiger partial charge in [0.25, 0.3) is 0 Å². The molecule has 2 heteroatoms. The van der Waals surface area contributed by atoms with E-state index in [1.54, 1.807) is 0 Å². The van der Waals surface area contributed by atoms with Crippen molar-refractivity contribution in [3.8, 4) is 0 Å². The number of hydrogen-bond acceptors (Lipinski definition) is 2. The summed E-state index contributed by atoms with van der Waals surface area (Å²) < 4.78 is 0. The molecule has 0 bridgehead atoms. The Kier molecular flexibility index (Phi) is 7.29. The van der Waals surface area contributed by atoms with E-state index in [0.29, 0.717) is 0 Å². The van der Waals surface area contributed by atoms with Crippen molar-refractivity contribution in [3.63, 3.8) is 0 Å². The molecule has 0 amide bonds. The highest BCUT2D eigenvalue weighted by Crippen LogP contribution is 2.29. The van der Waals surface area contributed by atoms with E-state index >= 15 is 0 Å². The monoisotopic (exact) mass is 400 g/mol. The molecule has 158 valence electrons. The molecule has 2 nitrogen and oxygen atoms in total. The fraction of sp³-hybridized carbons (Fsp3) is 0.429. The summed E-state index contributed by atoms with van der Waals surface area (Å²) >= 11 is 0. The minimum atomic E-state index is 1.19. The number of nitrogens with zero attached hydrogens (tertiary/aromatic N) is 2. The van der Waals surface area contributed by atoms with E-state index < -0.39 is 0 Å². The van der Waals surface area contributed by atoms with Gasteiger partial charge in [0.05, 0.1) is 0 Å². The van der Waals surface area contributed by atoms with E-state index in [1.165, 1.54) is 106 Å². The molecule has 0 spiro atoms. The quantitative estimate of drug-likeness (QED) is 0.495. The predicted octanol–water partition coefficient (Wildman–Crippen LogP) is 7.07. The summed E-state index contributed by atoms with van der Waals surface area (Å²) in [4.78, 5) is 5.09. The first-order valence-electron chi connectivity index (χ1n) is 11.9. The van der Waals surface area contributed by atoms with Gasteiger partial charge in [-0.3, -0.25) is 0 Å². The maximum atomic E-state index is 3.96. The van der Waals surface area contributed by atoms with Crippen LogP contribution in [0.3, 0.4) is 0 Å². The smallest absolute Gasteiger partial charge is 0.0366 e. The molecular formula is C28H36N2. The molecule has 2 heterocycles. The molecule has 30 heavy (non-hydrogen) atoms. The molecule has 2 aromatic carbocycles. The fourth-order valence-corrected chi connectivity index (χ4v) is 4.84. The van der Waals surface area contributed by atoms with Gasteiger partial charge in [0.1, 0.15) is 0 Å². The lowest BCUT2D eigenvalue weighted by Crippen LogP contribution is -2.23. The number of rotatable bonds is 5. The van der Waals surface area contributed by atoms with E-state index in [2.05, 4.69) is 71.0 Å². The molecule has 0 unspecified atom stereocenters. The number of benzene rings is 2. The highest BCUT2D eigenvalue weighted by Gasteiger charge is 2.13. The third kappa shape index (κ3) is 5.16. The second-order valence-electron chi connectivity index (χ2n) is 8.71. The number of anilines is 2. The second kappa shape index (κ2) is 10.5. The molecular weight excluding hydrogens is 364 g/mol. The summed E-state index contributed by atoms with van der Waals surface area (Å²) in [6, 6.07) is 18.3. The highest BCUT2D eigenvalue weighted by atomic mass is 15.1. The Morgan fingerprint density at radius 3 is 1.27 bits per heavy atom. The summed E-state index contributed by atoms with van der Waals surface area (Å²) in [5.41, 5.74) is 6.48. The van der Waals surface area contributed by atoms with Crippen LogP contribution >= 0.6 is 0 Å². The summed E-state index contributed by atoms with van der Waals surface area (Å²) in [5.74, 6) is 0. The first kappa shape index (κ1) is 20.8. The molecule has 0 N–H and O–H groups in total. The number of hydrogen-bond donors (Lipinski definition) is 0. The average molecular weight is 401 g/mol. The van der Waals surface area contributed by atoms with Crippen molar-refractivity contribution in [2.24, 2.45) is 0 Å². The Morgan fingerprint density at radius 2 is 0.933 bits per heavy atom. The average Bonchev–Trinajstić information content (AvgIpc) is 3.24. The summed E-state index contributed by atoms with van der Waals surface area (Å²) in [6.45, 7) is 8.71. The van der Waals surface area contributed by atoms with Gasteiger partial charge >= 0.3 is 0 Å². The molecule has 2 aliphatic heterocycles. The zero-order chi connectivity index (χ0) is 20.6. The van der Waals surface area contributed by atoms with Gasteiger partial charge in [-0.25, -0.2) is 0 Å². The largest absolute Gasteiger partial charge is 0.372 e. The SMILES string of the molecule is C=CC=C(c1ccc(N2CCCCCC2)cc1)c1ccc(N2CCCCCC2)cc1. The first-order valence-corrected chi connectivity index (χ1v) is 11.9. The molecule has 0 radical (unpaired) electrons. The summed E-state index contributed by atoms with van der Waals surface area (Å²) in [7, 11) is 0. The Morgan fingerprint density at radius 1 is 0.567 bits per heavy atom. The van der Waals surface area contributed by atoms with E-state index in [0.717, 1.165) is 0 Å². The van der Waals surface area contributed by atoms with E-state index in [9.17, 15) is 0 Å². The van der Waals surface area contributed by atoms with Crippen LogP contribution in [0.15, 0.2) is 67.3 Å². The van der Waals surface area contributed by atoms with Crippen molar-refractivity contribution in [3.05, 3.63) is 78.4 Å². The standard InChI is InChI=1S/C28H36N2/c1-2-11-28(24-12-16-26(17-13-24)29-20-7-3-4-8-21-29)25-14-18-27(19-15-25)30-22-9-5-6-10-23-30/h2,11-19H,1,3-10,20-23H2. The third-order valence-corrected chi connectivity index (χ3v) is 6.58. The normalized spacial score (nSPS) is 17.7. The Hall–Kier alpha value is -2.48. The van der Waals surface area contributed by atoms with E-state index in [1.807, 2.05) is 6.08 Å². The van der Waals surface area contributed by atoms with Crippen LogP contribution in [0.5, 0.6) is 0 Å². The van der Waals surface area contributed by atoms with Crippen LogP contribution in [0.25, 0.3) is 5.57 Å². The van der Waals surface area contributed by atoms with E-state index in [-0.39, 0.29) is 0 Å². The molecule has 2 saturated heterocycles. The minimum Gasteiger partial charge on any atom is -0.372 e. The van der Waals surface area contributed by atoms with Crippen molar-refractivity contribution >= 4 is 16.9 Å². The summed E-state index contributed by atoms with van der Waals surface area (Å²) in [6.07, 6.45) is 14.8.